The summed E-state index contributed by atoms with van der Waals surface area (Å²) < 4.78 is 13.6. The molecule has 3 rings (SSSR count). The number of amides is 1. The molecule has 1 heterocycles. The maximum atomic E-state index is 12.9. The molecule has 8 heteroatoms. The minimum absolute atomic E-state index is 0.0583. The zero-order valence-corrected chi connectivity index (χ0v) is 14.8. The zero-order valence-electron chi connectivity index (χ0n) is 13.1. The van der Waals surface area contributed by atoms with E-state index in [1.54, 1.807) is 12.1 Å². The number of hydrogen-bond acceptors (Lipinski definition) is 6. The number of benzene rings is 1. The topological polar surface area (TPSA) is 66.9 Å². The summed E-state index contributed by atoms with van der Waals surface area (Å²) in [5.74, 6) is 0.176. The van der Waals surface area contributed by atoms with Gasteiger partial charge in [-0.3, -0.25) is 4.79 Å². The highest BCUT2D eigenvalue weighted by Crippen LogP contribution is 2.26. The van der Waals surface area contributed by atoms with E-state index in [1.165, 1.54) is 48.1 Å². The fourth-order valence-electron chi connectivity index (χ4n) is 2.59. The van der Waals surface area contributed by atoms with Crippen molar-refractivity contribution in [2.24, 2.45) is 0 Å². The molecule has 5 nitrogen and oxygen atoms in total. The van der Waals surface area contributed by atoms with Crippen LogP contribution in [-0.2, 0) is 11.3 Å². The monoisotopic (exact) mass is 366 g/mol. The Morgan fingerprint density at radius 1 is 1.25 bits per heavy atom. The average Bonchev–Trinajstić information content (AvgIpc) is 3.24. The normalized spacial score (nSPS) is 14.7. The number of carbonyl (C=O) groups excluding carboxylic acids is 1. The van der Waals surface area contributed by atoms with Crippen LogP contribution in [0.5, 0.6) is 0 Å². The Hall–Kier alpha value is -1.67. The first-order chi connectivity index (χ1) is 11.7. The summed E-state index contributed by atoms with van der Waals surface area (Å²) in [6.07, 6.45) is 4.59. The summed E-state index contributed by atoms with van der Waals surface area (Å²) in [7, 11) is 0. The third kappa shape index (κ3) is 5.17. The number of nitrogens with zero attached hydrogens (tertiary/aromatic N) is 2. The molecule has 0 bridgehead atoms. The Morgan fingerprint density at radius 3 is 2.75 bits per heavy atom. The van der Waals surface area contributed by atoms with Crippen LogP contribution in [0.3, 0.4) is 0 Å². The van der Waals surface area contributed by atoms with Gasteiger partial charge in [-0.05, 0) is 30.5 Å². The molecule has 0 unspecified atom stereocenters. The highest BCUT2D eigenvalue weighted by molar-refractivity contribution is 8.01. The van der Waals surface area contributed by atoms with Gasteiger partial charge in [0.15, 0.2) is 4.34 Å². The highest BCUT2D eigenvalue weighted by atomic mass is 32.2. The van der Waals surface area contributed by atoms with Crippen LogP contribution < -0.4 is 10.6 Å². The smallest absolute Gasteiger partial charge is 0.230 e. The van der Waals surface area contributed by atoms with Crippen LogP contribution in [0, 0.1) is 5.82 Å². The van der Waals surface area contributed by atoms with Gasteiger partial charge in [0.2, 0.25) is 11.0 Å². The summed E-state index contributed by atoms with van der Waals surface area (Å²) in [5, 5.41) is 15.0. The van der Waals surface area contributed by atoms with E-state index in [4.69, 9.17) is 0 Å². The van der Waals surface area contributed by atoms with Crippen LogP contribution in [0.2, 0.25) is 0 Å². The van der Waals surface area contributed by atoms with E-state index in [9.17, 15) is 9.18 Å². The number of carbonyl (C=O) groups is 1. The van der Waals surface area contributed by atoms with Crippen molar-refractivity contribution in [3.05, 3.63) is 35.6 Å². The van der Waals surface area contributed by atoms with Crippen LogP contribution in [-0.4, -0.2) is 27.9 Å². The van der Waals surface area contributed by atoms with Crippen LogP contribution in [0.1, 0.15) is 31.2 Å². The first-order valence-corrected chi connectivity index (χ1v) is 9.73. The molecule has 0 radical (unpaired) electrons. The second kappa shape index (κ2) is 8.43. The van der Waals surface area contributed by atoms with E-state index in [-0.39, 0.29) is 11.7 Å². The fraction of sp³-hybridized carbons (Fsp3) is 0.438. The Labute approximate surface area is 148 Å². The Balaban J connectivity index is 1.41. The van der Waals surface area contributed by atoms with Gasteiger partial charge in [-0.15, -0.1) is 10.2 Å². The van der Waals surface area contributed by atoms with E-state index in [0.717, 1.165) is 22.7 Å². The average molecular weight is 366 g/mol. The molecular weight excluding hydrogens is 347 g/mol. The van der Waals surface area contributed by atoms with E-state index >= 15 is 0 Å². The Morgan fingerprint density at radius 2 is 2.00 bits per heavy atom. The fourth-order valence-corrected chi connectivity index (χ4v) is 4.15. The van der Waals surface area contributed by atoms with Crippen molar-refractivity contribution >= 4 is 34.1 Å². The number of hydrogen-bond donors (Lipinski definition) is 2. The van der Waals surface area contributed by atoms with E-state index < -0.39 is 0 Å². The number of nitrogens with one attached hydrogen (secondary N) is 2. The third-order valence-electron chi connectivity index (χ3n) is 3.81. The van der Waals surface area contributed by atoms with E-state index in [1.807, 2.05) is 0 Å². The van der Waals surface area contributed by atoms with Gasteiger partial charge >= 0.3 is 0 Å². The molecule has 0 atom stereocenters. The molecule has 0 spiro atoms. The Bertz CT molecular complexity index is 671. The SMILES string of the molecule is O=C(CSc1nnc(NCc2ccc(F)cc2)s1)NC1CCCC1. The Kier molecular flexibility index (Phi) is 6.03. The van der Waals surface area contributed by atoms with Gasteiger partial charge < -0.3 is 10.6 Å². The van der Waals surface area contributed by atoms with Crippen molar-refractivity contribution < 1.29 is 9.18 Å². The zero-order chi connectivity index (χ0) is 16.8. The molecule has 1 aromatic carbocycles. The minimum atomic E-state index is -0.246. The summed E-state index contributed by atoms with van der Waals surface area (Å²) >= 11 is 2.82. The largest absolute Gasteiger partial charge is 0.356 e. The molecule has 1 saturated carbocycles. The van der Waals surface area contributed by atoms with Crippen molar-refractivity contribution in [2.45, 2.75) is 42.6 Å². The van der Waals surface area contributed by atoms with Crippen LogP contribution in [0.15, 0.2) is 28.6 Å². The van der Waals surface area contributed by atoms with Crippen molar-refractivity contribution in [3.8, 4) is 0 Å². The lowest BCUT2D eigenvalue weighted by molar-refractivity contribution is -0.119. The lowest BCUT2D eigenvalue weighted by Crippen LogP contribution is -2.33. The van der Waals surface area contributed by atoms with Crippen molar-refractivity contribution in [1.82, 2.24) is 15.5 Å². The quantitative estimate of drug-likeness (QED) is 0.735. The number of anilines is 1. The van der Waals surface area contributed by atoms with Crippen molar-refractivity contribution in [1.29, 1.82) is 0 Å². The first kappa shape index (κ1) is 17.2. The maximum Gasteiger partial charge on any atom is 0.230 e. The second-order valence-corrected chi connectivity index (χ2v) is 7.89. The van der Waals surface area contributed by atoms with Gasteiger partial charge in [0.1, 0.15) is 5.82 Å². The molecule has 1 aromatic heterocycles. The van der Waals surface area contributed by atoms with Crippen molar-refractivity contribution in [2.75, 3.05) is 11.1 Å². The summed E-state index contributed by atoms with van der Waals surface area (Å²) in [4.78, 5) is 11.9. The number of rotatable bonds is 7. The lowest BCUT2D eigenvalue weighted by Gasteiger charge is -2.10. The summed E-state index contributed by atoms with van der Waals surface area (Å²) in [6.45, 7) is 0.557. The first-order valence-electron chi connectivity index (χ1n) is 7.93. The van der Waals surface area contributed by atoms with Crippen LogP contribution >= 0.6 is 23.1 Å². The number of halogens is 1. The van der Waals surface area contributed by atoms with Gasteiger partial charge in [-0.25, -0.2) is 4.39 Å². The van der Waals surface area contributed by atoms with Gasteiger partial charge in [-0.2, -0.15) is 0 Å². The van der Waals surface area contributed by atoms with Gasteiger partial charge in [0, 0.05) is 12.6 Å². The molecule has 2 N–H and O–H groups in total. The predicted octanol–water partition coefficient (Wildman–Crippen LogP) is 3.44. The number of aromatic nitrogens is 2. The molecule has 24 heavy (non-hydrogen) atoms. The van der Waals surface area contributed by atoms with E-state index in [0.29, 0.717) is 23.5 Å². The molecule has 1 aliphatic rings. The molecule has 128 valence electrons. The molecule has 1 amide bonds. The third-order valence-corrected chi connectivity index (χ3v) is 5.82. The molecule has 0 aliphatic heterocycles. The number of thioether (sulfide) groups is 1. The van der Waals surface area contributed by atoms with Crippen LogP contribution in [0.4, 0.5) is 9.52 Å². The predicted molar refractivity (Wildman–Crippen MR) is 94.8 cm³/mol. The summed E-state index contributed by atoms with van der Waals surface area (Å²) in [5.41, 5.74) is 0.969. The minimum Gasteiger partial charge on any atom is -0.356 e. The standard InChI is InChI=1S/C16H19FN4OS2/c17-12-7-5-11(6-8-12)9-18-15-20-21-16(24-15)23-10-14(22)19-13-3-1-2-4-13/h5-8,13H,1-4,9-10H2,(H,18,20)(H,19,22). The molecule has 1 fully saturated rings. The summed E-state index contributed by atoms with van der Waals surface area (Å²) in [6, 6.07) is 6.67. The molecule has 0 saturated heterocycles. The van der Waals surface area contributed by atoms with Gasteiger partial charge in [0.25, 0.3) is 0 Å². The molecule has 2 aromatic rings. The maximum absolute atomic E-state index is 12.9. The molecule has 1 aliphatic carbocycles. The lowest BCUT2D eigenvalue weighted by atomic mass is 10.2. The highest BCUT2D eigenvalue weighted by Gasteiger charge is 2.17. The van der Waals surface area contributed by atoms with Gasteiger partial charge in [0.05, 0.1) is 5.75 Å². The second-order valence-electron chi connectivity index (χ2n) is 5.69. The molecular formula is C16H19FN4OS2. The van der Waals surface area contributed by atoms with Gasteiger partial charge in [-0.1, -0.05) is 48.1 Å². The van der Waals surface area contributed by atoms with Crippen LogP contribution in [0.25, 0.3) is 0 Å². The van der Waals surface area contributed by atoms with E-state index in [2.05, 4.69) is 20.8 Å². The van der Waals surface area contributed by atoms with Crippen molar-refractivity contribution in [3.63, 3.8) is 0 Å².